The summed E-state index contributed by atoms with van der Waals surface area (Å²) in [4.78, 5) is 20.3. The minimum Gasteiger partial charge on any atom is -0.351 e. The molecular formula is C18H19F3N4OS. The van der Waals surface area contributed by atoms with E-state index in [0.717, 1.165) is 9.57 Å². The predicted octanol–water partition coefficient (Wildman–Crippen LogP) is 4.63. The number of alkyl halides is 3. The van der Waals surface area contributed by atoms with Crippen LogP contribution in [0.25, 0.3) is 11.0 Å². The Hall–Kier alpha value is -2.42. The number of rotatable bonds is 5. The lowest BCUT2D eigenvalue weighted by Crippen LogP contribution is -2.27. The van der Waals surface area contributed by atoms with Crippen molar-refractivity contribution in [3.8, 4) is 0 Å². The summed E-state index contributed by atoms with van der Waals surface area (Å²) >= 11 is 1.51. The van der Waals surface area contributed by atoms with Gasteiger partial charge in [-0.3, -0.25) is 4.79 Å². The third kappa shape index (κ3) is 3.97. The number of amides is 1. The maximum atomic E-state index is 13.3. The highest BCUT2D eigenvalue weighted by molar-refractivity contribution is 7.09. The van der Waals surface area contributed by atoms with Gasteiger partial charge in [0, 0.05) is 35.6 Å². The molecule has 1 atom stereocenters. The molecule has 27 heavy (non-hydrogen) atoms. The summed E-state index contributed by atoms with van der Waals surface area (Å²) in [5, 5.41) is 5.58. The zero-order valence-corrected chi connectivity index (χ0v) is 15.9. The molecule has 1 unspecified atom stereocenters. The smallest absolute Gasteiger partial charge is 0.351 e. The molecule has 2 aromatic heterocycles. The molecule has 1 N–H and O–H groups in total. The Morgan fingerprint density at radius 3 is 2.63 bits per heavy atom. The fourth-order valence-electron chi connectivity index (χ4n) is 2.88. The van der Waals surface area contributed by atoms with Crippen LogP contribution in [0, 0.1) is 0 Å². The van der Waals surface area contributed by atoms with E-state index in [9.17, 15) is 18.0 Å². The van der Waals surface area contributed by atoms with Crippen LogP contribution < -0.4 is 5.32 Å². The molecule has 144 valence electrons. The summed E-state index contributed by atoms with van der Waals surface area (Å²) in [6.45, 7) is 5.66. The van der Waals surface area contributed by atoms with Crippen LogP contribution in [0.3, 0.4) is 0 Å². The number of aromatic nitrogens is 3. The molecule has 0 aliphatic carbocycles. The summed E-state index contributed by atoms with van der Waals surface area (Å²) in [5.74, 6) is -1.26. The monoisotopic (exact) mass is 396 g/mol. The first-order chi connectivity index (χ1) is 12.7. The molecular weight excluding hydrogens is 377 g/mol. The van der Waals surface area contributed by atoms with Crippen LogP contribution in [-0.4, -0.2) is 27.0 Å². The van der Waals surface area contributed by atoms with Crippen LogP contribution in [-0.2, 0) is 6.18 Å². The second-order valence-electron chi connectivity index (χ2n) is 6.58. The van der Waals surface area contributed by atoms with Gasteiger partial charge >= 0.3 is 6.18 Å². The molecule has 1 amide bonds. The summed E-state index contributed by atoms with van der Waals surface area (Å²) in [6.07, 6.45) is -2.86. The van der Waals surface area contributed by atoms with Crippen molar-refractivity contribution in [3.05, 3.63) is 46.2 Å². The average Bonchev–Trinajstić information content (AvgIpc) is 3.25. The number of fused-ring (bicyclic) bond motifs is 1. The summed E-state index contributed by atoms with van der Waals surface area (Å²) in [5.41, 5.74) is 0.776. The van der Waals surface area contributed by atoms with E-state index >= 15 is 0 Å². The van der Waals surface area contributed by atoms with Crippen LogP contribution in [0.15, 0.2) is 29.8 Å². The molecule has 0 fully saturated rings. The van der Waals surface area contributed by atoms with Crippen LogP contribution in [0.4, 0.5) is 13.2 Å². The highest BCUT2D eigenvalue weighted by atomic mass is 32.1. The molecule has 0 aliphatic rings. The number of nitrogens with zero attached hydrogens (tertiary/aromatic N) is 3. The van der Waals surface area contributed by atoms with E-state index in [2.05, 4.69) is 15.3 Å². The number of halogens is 3. The van der Waals surface area contributed by atoms with Gasteiger partial charge in [-0.2, -0.15) is 13.2 Å². The molecule has 0 saturated carbocycles. The molecule has 0 bridgehead atoms. The van der Waals surface area contributed by atoms with E-state index in [0.29, 0.717) is 12.1 Å². The van der Waals surface area contributed by atoms with Crippen molar-refractivity contribution in [1.82, 2.24) is 19.9 Å². The predicted molar refractivity (Wildman–Crippen MR) is 98.0 cm³/mol. The molecule has 1 aromatic carbocycles. The third-order valence-corrected chi connectivity index (χ3v) is 5.17. The van der Waals surface area contributed by atoms with Crippen LogP contribution in [0.1, 0.15) is 53.9 Å². The Morgan fingerprint density at radius 1 is 1.30 bits per heavy atom. The summed E-state index contributed by atoms with van der Waals surface area (Å²) < 4.78 is 41.0. The number of benzene rings is 1. The van der Waals surface area contributed by atoms with Crippen molar-refractivity contribution in [2.75, 3.05) is 6.54 Å². The Balaban J connectivity index is 1.84. The Morgan fingerprint density at radius 2 is 2.04 bits per heavy atom. The molecule has 3 aromatic rings. The number of hydrogen-bond donors (Lipinski definition) is 1. The SMILES string of the molecule is CC(CNC(=O)c1ccc2c(c1)nc(C(F)(F)F)n2C(C)C)c1nccs1. The van der Waals surface area contributed by atoms with Gasteiger partial charge in [0.15, 0.2) is 0 Å². The number of nitrogens with one attached hydrogen (secondary N) is 1. The molecule has 0 saturated heterocycles. The Labute approximate surface area is 158 Å². The van der Waals surface area contributed by atoms with Crippen LogP contribution in [0.2, 0.25) is 0 Å². The van der Waals surface area contributed by atoms with Crippen LogP contribution in [0.5, 0.6) is 0 Å². The van der Waals surface area contributed by atoms with Crippen molar-refractivity contribution < 1.29 is 18.0 Å². The minimum absolute atomic E-state index is 0.0506. The molecule has 9 heteroatoms. The first kappa shape index (κ1) is 19.3. The van der Waals surface area contributed by atoms with Crippen LogP contribution >= 0.6 is 11.3 Å². The van der Waals surface area contributed by atoms with E-state index in [1.165, 1.54) is 29.5 Å². The standard InChI is InChI=1S/C18H19F3N4OS/c1-10(2)25-14-5-4-12(8-13(14)24-17(25)18(19,20)21)15(26)23-9-11(3)16-22-6-7-27-16/h4-8,10-11H,9H2,1-3H3,(H,23,26). The summed E-state index contributed by atoms with van der Waals surface area (Å²) in [6, 6.07) is 4.01. The largest absolute Gasteiger partial charge is 0.449 e. The van der Waals surface area contributed by atoms with Gasteiger partial charge in [-0.1, -0.05) is 6.92 Å². The van der Waals surface area contributed by atoms with Gasteiger partial charge in [-0.15, -0.1) is 11.3 Å². The highest BCUT2D eigenvalue weighted by Crippen LogP contribution is 2.33. The fraction of sp³-hybridized carbons (Fsp3) is 0.389. The highest BCUT2D eigenvalue weighted by Gasteiger charge is 2.38. The van der Waals surface area contributed by atoms with Crippen molar-refractivity contribution in [2.24, 2.45) is 0 Å². The van der Waals surface area contributed by atoms with Gasteiger partial charge in [0.05, 0.1) is 16.0 Å². The van der Waals surface area contributed by atoms with Gasteiger partial charge in [-0.05, 0) is 32.0 Å². The zero-order valence-electron chi connectivity index (χ0n) is 15.0. The quantitative estimate of drug-likeness (QED) is 0.684. The molecule has 0 spiro atoms. The number of hydrogen-bond acceptors (Lipinski definition) is 4. The number of imidazole rings is 1. The van der Waals surface area contributed by atoms with E-state index < -0.39 is 18.0 Å². The Kier molecular flexibility index (Phi) is 5.23. The van der Waals surface area contributed by atoms with E-state index in [1.54, 1.807) is 20.0 Å². The third-order valence-electron chi connectivity index (χ3n) is 4.16. The second-order valence-corrected chi connectivity index (χ2v) is 7.51. The van der Waals surface area contributed by atoms with Gasteiger partial charge in [0.25, 0.3) is 5.91 Å². The topological polar surface area (TPSA) is 59.8 Å². The van der Waals surface area contributed by atoms with Crippen molar-refractivity contribution in [1.29, 1.82) is 0 Å². The fourth-order valence-corrected chi connectivity index (χ4v) is 3.57. The maximum Gasteiger partial charge on any atom is 0.449 e. The van der Waals surface area contributed by atoms with E-state index in [1.807, 2.05) is 12.3 Å². The van der Waals surface area contributed by atoms with Crippen molar-refractivity contribution in [2.45, 2.75) is 38.9 Å². The van der Waals surface area contributed by atoms with Gasteiger partial charge in [0.1, 0.15) is 0 Å². The molecule has 5 nitrogen and oxygen atoms in total. The van der Waals surface area contributed by atoms with E-state index in [4.69, 9.17) is 0 Å². The van der Waals surface area contributed by atoms with Gasteiger partial charge < -0.3 is 9.88 Å². The Bertz CT molecular complexity index is 948. The zero-order chi connectivity index (χ0) is 19.8. The lowest BCUT2D eigenvalue weighted by atomic mass is 10.1. The molecule has 0 radical (unpaired) electrons. The first-order valence-corrected chi connectivity index (χ1v) is 9.33. The lowest BCUT2D eigenvalue weighted by Gasteiger charge is -2.14. The average molecular weight is 396 g/mol. The summed E-state index contributed by atoms with van der Waals surface area (Å²) in [7, 11) is 0. The van der Waals surface area contributed by atoms with Gasteiger partial charge in [-0.25, -0.2) is 9.97 Å². The number of carbonyl (C=O) groups excluding carboxylic acids is 1. The molecule has 0 aliphatic heterocycles. The number of thiazole rings is 1. The first-order valence-electron chi connectivity index (χ1n) is 8.45. The number of carbonyl (C=O) groups is 1. The molecule has 3 rings (SSSR count). The second kappa shape index (κ2) is 7.30. The van der Waals surface area contributed by atoms with E-state index in [-0.39, 0.29) is 22.9 Å². The minimum atomic E-state index is -4.56. The maximum absolute atomic E-state index is 13.3. The normalized spacial score (nSPS) is 13.3. The van der Waals surface area contributed by atoms with Crippen molar-refractivity contribution >= 4 is 28.3 Å². The van der Waals surface area contributed by atoms with Crippen molar-refractivity contribution in [3.63, 3.8) is 0 Å². The van der Waals surface area contributed by atoms with Gasteiger partial charge in [0.2, 0.25) is 5.82 Å². The lowest BCUT2D eigenvalue weighted by molar-refractivity contribution is -0.147. The molecule has 2 heterocycles.